The molecule has 43 heavy (non-hydrogen) atoms. The Morgan fingerprint density at radius 2 is 1.60 bits per heavy atom. The number of anilines is 1. The molecule has 0 bridgehead atoms. The summed E-state index contributed by atoms with van der Waals surface area (Å²) in [5, 5.41) is 3.59. The number of amides is 2. The highest BCUT2D eigenvalue weighted by Crippen LogP contribution is 2.27. The Morgan fingerprint density at radius 1 is 0.977 bits per heavy atom. The molecular formula is C32H37ClFN3O5S. The van der Waals surface area contributed by atoms with Crippen LogP contribution in [0.15, 0.2) is 77.7 Å². The Kier molecular flexibility index (Phi) is 11.0. The molecule has 4 rings (SSSR count). The van der Waals surface area contributed by atoms with Gasteiger partial charge in [0, 0.05) is 17.6 Å². The number of hydrogen-bond donors (Lipinski definition) is 1. The van der Waals surface area contributed by atoms with E-state index in [4.69, 9.17) is 16.3 Å². The first-order valence-corrected chi connectivity index (χ1v) is 16.3. The monoisotopic (exact) mass is 629 g/mol. The molecule has 1 atom stereocenters. The zero-order valence-electron chi connectivity index (χ0n) is 24.3. The van der Waals surface area contributed by atoms with Crippen LogP contribution in [-0.2, 0) is 26.2 Å². The van der Waals surface area contributed by atoms with Crippen LogP contribution in [-0.4, -0.2) is 50.4 Å². The second-order valence-corrected chi connectivity index (χ2v) is 12.9. The SMILES string of the molecule is CCOc1ccc(S(=O)(=O)N(CC(=O)N(Cc2ccc(Cl)cc2)[C@@H](C)C(=O)NC2CCCCC2)c2ccc(F)cc2)cc1. The molecule has 0 aliphatic heterocycles. The van der Waals surface area contributed by atoms with Gasteiger partial charge in [-0.15, -0.1) is 0 Å². The van der Waals surface area contributed by atoms with Gasteiger partial charge >= 0.3 is 0 Å². The molecule has 1 N–H and O–H groups in total. The highest BCUT2D eigenvalue weighted by molar-refractivity contribution is 7.92. The van der Waals surface area contributed by atoms with Gasteiger partial charge in [-0.3, -0.25) is 13.9 Å². The number of carbonyl (C=O) groups excluding carboxylic acids is 2. The first-order chi connectivity index (χ1) is 20.6. The van der Waals surface area contributed by atoms with Gasteiger partial charge in [0.25, 0.3) is 10.0 Å². The van der Waals surface area contributed by atoms with Crippen LogP contribution in [0.3, 0.4) is 0 Å². The predicted octanol–water partition coefficient (Wildman–Crippen LogP) is 5.94. The van der Waals surface area contributed by atoms with E-state index >= 15 is 0 Å². The molecule has 11 heteroatoms. The topological polar surface area (TPSA) is 96.0 Å². The fourth-order valence-electron chi connectivity index (χ4n) is 5.08. The van der Waals surface area contributed by atoms with Crippen LogP contribution < -0.4 is 14.4 Å². The van der Waals surface area contributed by atoms with E-state index in [9.17, 15) is 22.4 Å². The van der Waals surface area contributed by atoms with E-state index in [0.29, 0.717) is 17.4 Å². The molecule has 1 fully saturated rings. The van der Waals surface area contributed by atoms with Gasteiger partial charge in [0.1, 0.15) is 24.2 Å². The maximum Gasteiger partial charge on any atom is 0.264 e. The van der Waals surface area contributed by atoms with Crippen molar-refractivity contribution in [2.24, 2.45) is 0 Å². The summed E-state index contributed by atoms with van der Waals surface area (Å²) in [4.78, 5) is 28.7. The minimum absolute atomic E-state index is 0.0342. The first-order valence-electron chi connectivity index (χ1n) is 14.4. The molecule has 0 heterocycles. The number of hydrogen-bond acceptors (Lipinski definition) is 5. The van der Waals surface area contributed by atoms with Gasteiger partial charge in [-0.2, -0.15) is 0 Å². The largest absolute Gasteiger partial charge is 0.494 e. The molecule has 1 saturated carbocycles. The lowest BCUT2D eigenvalue weighted by atomic mass is 9.95. The lowest BCUT2D eigenvalue weighted by Crippen LogP contribution is -2.53. The maximum absolute atomic E-state index is 14.0. The van der Waals surface area contributed by atoms with Crippen LogP contribution in [0.2, 0.25) is 5.02 Å². The van der Waals surface area contributed by atoms with Crippen LogP contribution >= 0.6 is 11.6 Å². The number of halogens is 2. The second kappa shape index (κ2) is 14.7. The van der Waals surface area contributed by atoms with Crippen LogP contribution in [0.1, 0.15) is 51.5 Å². The Bertz CT molecular complexity index is 1480. The number of nitrogens with zero attached hydrogens (tertiary/aromatic N) is 2. The summed E-state index contributed by atoms with van der Waals surface area (Å²) < 4.78 is 48.1. The van der Waals surface area contributed by atoms with Crippen molar-refractivity contribution in [1.29, 1.82) is 0 Å². The standard InChI is InChI=1S/C32H37ClFN3O5S/c1-3-42-29-17-19-30(20-18-29)43(40,41)37(28-15-13-26(34)14-16-28)22-31(38)36(21-24-9-11-25(33)12-10-24)23(2)32(39)35-27-7-5-4-6-8-27/h9-20,23,27H,3-8,21-22H2,1-2H3,(H,35,39)/t23-/m0/s1. The quantitative estimate of drug-likeness (QED) is 0.268. The van der Waals surface area contributed by atoms with Crippen LogP contribution in [0.4, 0.5) is 10.1 Å². The van der Waals surface area contributed by atoms with Crippen molar-refractivity contribution in [3.05, 3.63) is 89.2 Å². The Balaban J connectivity index is 1.66. The lowest BCUT2D eigenvalue weighted by molar-refractivity contribution is -0.139. The third-order valence-electron chi connectivity index (χ3n) is 7.50. The molecule has 3 aromatic carbocycles. The maximum atomic E-state index is 14.0. The van der Waals surface area contributed by atoms with Crippen molar-refractivity contribution in [1.82, 2.24) is 10.2 Å². The smallest absolute Gasteiger partial charge is 0.264 e. The summed E-state index contributed by atoms with van der Waals surface area (Å²) in [5.41, 5.74) is 0.826. The van der Waals surface area contributed by atoms with E-state index in [1.54, 1.807) is 31.2 Å². The van der Waals surface area contributed by atoms with Crippen molar-refractivity contribution in [2.45, 2.75) is 69.5 Å². The second-order valence-electron chi connectivity index (χ2n) is 10.6. The van der Waals surface area contributed by atoms with Gasteiger partial charge in [0.15, 0.2) is 0 Å². The normalized spacial score (nSPS) is 14.5. The van der Waals surface area contributed by atoms with Gasteiger partial charge in [-0.1, -0.05) is 43.0 Å². The molecule has 3 aromatic rings. The van der Waals surface area contributed by atoms with Gasteiger partial charge in [0.05, 0.1) is 17.2 Å². The molecule has 1 aliphatic rings. The average molecular weight is 630 g/mol. The molecule has 0 spiro atoms. The van der Waals surface area contributed by atoms with Crippen molar-refractivity contribution < 1.29 is 27.1 Å². The zero-order valence-corrected chi connectivity index (χ0v) is 25.9. The molecule has 8 nitrogen and oxygen atoms in total. The third-order valence-corrected chi connectivity index (χ3v) is 9.54. The molecular weight excluding hydrogens is 593 g/mol. The van der Waals surface area contributed by atoms with E-state index in [-0.39, 0.29) is 29.1 Å². The fourth-order valence-corrected chi connectivity index (χ4v) is 6.62. The number of nitrogens with one attached hydrogen (secondary N) is 1. The summed E-state index contributed by atoms with van der Waals surface area (Å²) >= 11 is 6.06. The number of ether oxygens (including phenoxy) is 1. The predicted molar refractivity (Wildman–Crippen MR) is 165 cm³/mol. The first kappa shape index (κ1) is 32.3. The van der Waals surface area contributed by atoms with Gasteiger partial charge in [-0.25, -0.2) is 12.8 Å². The van der Waals surface area contributed by atoms with Crippen molar-refractivity contribution in [3.8, 4) is 5.75 Å². The number of carbonyl (C=O) groups is 2. The summed E-state index contributed by atoms with van der Waals surface area (Å²) in [6.07, 6.45) is 4.95. The molecule has 0 radical (unpaired) electrons. The molecule has 0 aromatic heterocycles. The van der Waals surface area contributed by atoms with Gasteiger partial charge in [0.2, 0.25) is 11.8 Å². The highest BCUT2D eigenvalue weighted by atomic mass is 35.5. The summed E-state index contributed by atoms with van der Waals surface area (Å²) in [5.74, 6) is -0.958. The van der Waals surface area contributed by atoms with E-state index < -0.39 is 34.3 Å². The molecule has 2 amide bonds. The molecule has 1 aliphatic carbocycles. The summed E-state index contributed by atoms with van der Waals surface area (Å²) in [6, 6.07) is 16.7. The minimum atomic E-state index is -4.28. The van der Waals surface area contributed by atoms with Crippen LogP contribution in [0.25, 0.3) is 0 Å². The summed E-state index contributed by atoms with van der Waals surface area (Å²) in [7, 11) is -4.28. The van der Waals surface area contributed by atoms with Crippen LogP contribution in [0.5, 0.6) is 5.75 Å². The number of sulfonamides is 1. The number of rotatable bonds is 12. The van der Waals surface area contributed by atoms with E-state index in [1.165, 1.54) is 41.3 Å². The zero-order chi connectivity index (χ0) is 31.0. The van der Waals surface area contributed by atoms with E-state index in [2.05, 4.69) is 5.32 Å². The molecule has 0 unspecified atom stereocenters. The Morgan fingerprint density at radius 3 is 2.21 bits per heavy atom. The van der Waals surface area contributed by atoms with Gasteiger partial charge < -0.3 is 15.0 Å². The third kappa shape index (κ3) is 8.48. The minimum Gasteiger partial charge on any atom is -0.494 e. The van der Waals surface area contributed by atoms with E-state index in [1.807, 2.05) is 6.92 Å². The fraction of sp³-hybridized carbons (Fsp3) is 0.375. The van der Waals surface area contributed by atoms with Crippen molar-refractivity contribution >= 4 is 39.1 Å². The highest BCUT2D eigenvalue weighted by Gasteiger charge is 2.33. The van der Waals surface area contributed by atoms with Gasteiger partial charge in [-0.05, 0) is 92.9 Å². The molecule has 0 saturated heterocycles. The number of benzene rings is 3. The van der Waals surface area contributed by atoms with Crippen LogP contribution in [0, 0.1) is 5.82 Å². The average Bonchev–Trinajstić information content (AvgIpc) is 3.00. The van der Waals surface area contributed by atoms with Crippen molar-refractivity contribution in [3.63, 3.8) is 0 Å². The van der Waals surface area contributed by atoms with E-state index in [0.717, 1.165) is 54.1 Å². The Labute approximate surface area is 257 Å². The summed E-state index contributed by atoms with van der Waals surface area (Å²) in [6.45, 7) is 3.30. The Hall–Kier alpha value is -3.63. The lowest BCUT2D eigenvalue weighted by Gasteiger charge is -2.33. The van der Waals surface area contributed by atoms with Crippen molar-refractivity contribution in [2.75, 3.05) is 17.5 Å². The molecule has 230 valence electrons.